The van der Waals surface area contributed by atoms with Gasteiger partial charge in [0.05, 0.1) is 45.6 Å². The maximum atomic E-state index is 11.6. The molecule has 10 rings (SSSR count). The average molecular weight is 891 g/mol. The minimum atomic E-state index is -0.861. The summed E-state index contributed by atoms with van der Waals surface area (Å²) in [5.41, 5.74) is 23.6. The predicted molar refractivity (Wildman–Crippen MR) is 271 cm³/mol. The molecule has 12 nitrogen and oxygen atoms in total. The van der Waals surface area contributed by atoms with Gasteiger partial charge in [-0.2, -0.15) is 0 Å². The van der Waals surface area contributed by atoms with E-state index in [1.807, 2.05) is 68.5 Å². The molecule has 10 heterocycles. The van der Waals surface area contributed by atoms with Crippen LogP contribution in [0.5, 0.6) is 0 Å². The molecule has 67 heavy (non-hydrogen) atoms. The molecule has 12 heteroatoms. The summed E-state index contributed by atoms with van der Waals surface area (Å²) in [5, 5.41) is 19.0. The van der Waals surface area contributed by atoms with E-state index < -0.39 is 11.9 Å². The van der Waals surface area contributed by atoms with Crippen LogP contribution in [0.2, 0.25) is 0 Å². The fraction of sp³-hybridized carbons (Fsp3) is 0.236. The summed E-state index contributed by atoms with van der Waals surface area (Å²) < 4.78 is 2.21. The molecular weight excluding hydrogens is 837 g/mol. The molecule has 338 valence electrons. The largest absolute Gasteiger partial charge is 0.481 e. The van der Waals surface area contributed by atoms with Crippen molar-refractivity contribution < 1.29 is 19.8 Å². The first kappa shape index (κ1) is 44.3. The third-order valence-corrected chi connectivity index (χ3v) is 13.1. The van der Waals surface area contributed by atoms with Gasteiger partial charge in [-0.05, 0) is 195 Å². The molecule has 0 aliphatic carbocycles. The average Bonchev–Trinajstić information content (AvgIpc) is 4.18. The van der Waals surface area contributed by atoms with Crippen LogP contribution < -0.4 is 0 Å². The molecule has 0 radical (unpaired) electrons. The highest BCUT2D eigenvalue weighted by molar-refractivity contribution is 5.95. The van der Waals surface area contributed by atoms with Crippen molar-refractivity contribution in [1.82, 2.24) is 39.5 Å². The maximum absolute atomic E-state index is 11.6. The van der Waals surface area contributed by atoms with E-state index in [4.69, 9.17) is 9.97 Å². The van der Waals surface area contributed by atoms with Gasteiger partial charge in [-0.1, -0.05) is 13.8 Å². The lowest BCUT2D eigenvalue weighted by Crippen LogP contribution is -1.98. The van der Waals surface area contributed by atoms with E-state index in [9.17, 15) is 19.8 Å². The Kier molecular flexibility index (Phi) is 12.0. The van der Waals surface area contributed by atoms with E-state index in [1.165, 1.54) is 16.7 Å². The summed E-state index contributed by atoms with van der Waals surface area (Å²) in [4.78, 5) is 52.9. The summed E-state index contributed by atoms with van der Waals surface area (Å²) >= 11 is 0. The van der Waals surface area contributed by atoms with Crippen LogP contribution >= 0.6 is 0 Å². The molecule has 0 saturated carbocycles. The maximum Gasteiger partial charge on any atom is 0.303 e. The number of aromatic nitrogens is 8. The van der Waals surface area contributed by atoms with E-state index in [-0.39, 0.29) is 12.8 Å². The number of nitrogens with zero attached hydrogens (tertiary/aromatic N) is 5. The number of aryl methyl sites for hydroxylation is 5. The van der Waals surface area contributed by atoms with Crippen molar-refractivity contribution in [2.75, 3.05) is 0 Å². The Morgan fingerprint density at radius 2 is 0.970 bits per heavy atom. The molecule has 0 spiro atoms. The minimum absolute atomic E-state index is 0.000959. The second-order valence-corrected chi connectivity index (χ2v) is 17.4. The molecule has 6 aromatic heterocycles. The lowest BCUT2D eigenvalue weighted by Gasteiger charge is -2.03. The Bertz CT molecular complexity index is 3340. The van der Waals surface area contributed by atoms with Gasteiger partial charge < -0.3 is 29.7 Å². The summed E-state index contributed by atoms with van der Waals surface area (Å²) in [6, 6.07) is 24.7. The second-order valence-electron chi connectivity index (χ2n) is 17.4. The minimum Gasteiger partial charge on any atom is -0.481 e. The summed E-state index contributed by atoms with van der Waals surface area (Å²) in [7, 11) is 2.08. The van der Waals surface area contributed by atoms with E-state index in [0.717, 1.165) is 125 Å². The first-order valence-corrected chi connectivity index (χ1v) is 22.8. The van der Waals surface area contributed by atoms with Crippen molar-refractivity contribution in [2.24, 2.45) is 7.05 Å². The normalized spacial score (nSPS) is 13.1. The van der Waals surface area contributed by atoms with Crippen LogP contribution in [-0.4, -0.2) is 61.6 Å². The zero-order chi connectivity index (χ0) is 47.1. The predicted octanol–water partition coefficient (Wildman–Crippen LogP) is 12.3. The first-order valence-electron chi connectivity index (χ1n) is 22.8. The highest BCUT2D eigenvalue weighted by Gasteiger charge is 2.22. The Morgan fingerprint density at radius 3 is 1.46 bits per heavy atom. The lowest BCUT2D eigenvalue weighted by atomic mass is 10.00. The summed E-state index contributed by atoms with van der Waals surface area (Å²) in [6.07, 6.45) is 10.5. The second kappa shape index (κ2) is 18.2. The number of H-pyrrole nitrogens is 3. The molecule has 5 N–H and O–H groups in total. The van der Waals surface area contributed by atoms with Crippen molar-refractivity contribution in [3.8, 4) is 0 Å². The fourth-order valence-electron chi connectivity index (χ4n) is 9.51. The SMILES string of the molecule is C1=Cc2cc3ccc(cc4nc(cc5ccc(cc1n2)[nH]5)C=C4)[nH]3.CCC1=C(C)c2cc3c(CC)c(C)c(cc4nc(cc5[nH]c(cc1n2)c(C)c5CCC(=O)O)C(CCC(=O)O)=C4C)n3C. The van der Waals surface area contributed by atoms with Crippen LogP contribution in [0.1, 0.15) is 121 Å². The van der Waals surface area contributed by atoms with Crippen molar-refractivity contribution in [2.45, 2.75) is 80.1 Å². The first-order chi connectivity index (χ1) is 32.2. The Labute approximate surface area is 388 Å². The Morgan fingerprint density at radius 1 is 0.507 bits per heavy atom. The molecule has 6 aromatic rings. The van der Waals surface area contributed by atoms with Crippen LogP contribution in [0.4, 0.5) is 0 Å². The van der Waals surface area contributed by atoms with E-state index in [2.05, 4.69) is 107 Å². The molecular formula is C55H54N8O4. The molecule has 4 aliphatic heterocycles. The third kappa shape index (κ3) is 9.07. The van der Waals surface area contributed by atoms with Crippen molar-refractivity contribution in [3.05, 3.63) is 141 Å². The van der Waals surface area contributed by atoms with Crippen LogP contribution in [0.3, 0.4) is 0 Å². The number of aromatic amines is 3. The standard InChI is InChI=1S/C35H40N4O4.C20H14N4/c1-8-22-18(3)28-17-33-23(9-2)21(6)32(39(33)7)16-27-20(5)25(11-13-35(42)43)31(38-27)15-30-24(10-12-34(40)41)19(4)26(36-30)14-29(22)37-28;1-2-14-10-16-5-6-18(23-16)12-20-8-7-19(24-20)11-17-4-3-15(22-17)9-13(1)21-14/h14-17,36H,8-13H2,1-7H3,(H,40,41)(H,42,43);1-12,21,24H. The van der Waals surface area contributed by atoms with Gasteiger partial charge in [0.15, 0.2) is 0 Å². The molecule has 0 unspecified atom stereocenters. The zero-order valence-corrected chi connectivity index (χ0v) is 38.9. The molecule has 4 aliphatic rings. The molecule has 0 amide bonds. The number of nitrogens with one attached hydrogen (secondary N) is 3. The smallest absolute Gasteiger partial charge is 0.303 e. The van der Waals surface area contributed by atoms with E-state index in [1.54, 1.807) is 0 Å². The number of hydrogen-bond donors (Lipinski definition) is 5. The Hall–Kier alpha value is -7.86. The number of carboxylic acid groups (broad SMARTS) is 2. The van der Waals surface area contributed by atoms with Crippen LogP contribution in [0.15, 0.2) is 72.8 Å². The number of rotatable bonds is 8. The van der Waals surface area contributed by atoms with Crippen LogP contribution in [0, 0.1) is 13.8 Å². The molecule has 0 atom stereocenters. The van der Waals surface area contributed by atoms with Gasteiger partial charge >= 0.3 is 11.9 Å². The number of allylic oxidation sites excluding steroid dienone is 4. The van der Waals surface area contributed by atoms with Crippen LogP contribution in [0.25, 0.3) is 90.7 Å². The monoisotopic (exact) mass is 890 g/mol. The zero-order valence-electron chi connectivity index (χ0n) is 38.9. The highest BCUT2D eigenvalue weighted by Crippen LogP contribution is 2.37. The van der Waals surface area contributed by atoms with Gasteiger partial charge in [-0.25, -0.2) is 19.9 Å². The van der Waals surface area contributed by atoms with Gasteiger partial charge in [0.25, 0.3) is 0 Å². The summed E-state index contributed by atoms with van der Waals surface area (Å²) in [5.74, 6) is -1.72. The number of aliphatic carboxylic acids is 2. The van der Waals surface area contributed by atoms with E-state index >= 15 is 0 Å². The molecule has 0 saturated heterocycles. The number of hydrogen-bond acceptors (Lipinski definition) is 6. The highest BCUT2D eigenvalue weighted by atomic mass is 16.4. The van der Waals surface area contributed by atoms with Crippen LogP contribution in [-0.2, 0) is 29.5 Å². The van der Waals surface area contributed by atoms with Gasteiger partial charge in [-0.3, -0.25) is 9.59 Å². The molecule has 16 bridgehead atoms. The third-order valence-electron chi connectivity index (χ3n) is 13.1. The fourth-order valence-corrected chi connectivity index (χ4v) is 9.51. The summed E-state index contributed by atoms with van der Waals surface area (Å²) in [6.45, 7) is 12.6. The van der Waals surface area contributed by atoms with Crippen molar-refractivity contribution >= 4 is 103 Å². The molecule has 0 fully saturated rings. The quantitative estimate of drug-likeness (QED) is 0.1000. The van der Waals surface area contributed by atoms with Gasteiger partial charge in [0, 0.05) is 64.0 Å². The van der Waals surface area contributed by atoms with Gasteiger partial charge in [0.2, 0.25) is 0 Å². The topological polar surface area (TPSA) is 178 Å². The number of carbonyl (C=O) groups is 2. The number of fused-ring (bicyclic) bond motifs is 16. The molecule has 0 aromatic carbocycles. The van der Waals surface area contributed by atoms with Gasteiger partial charge in [0.1, 0.15) is 0 Å². The number of carboxylic acids is 2. The van der Waals surface area contributed by atoms with Crippen molar-refractivity contribution in [3.63, 3.8) is 0 Å². The van der Waals surface area contributed by atoms with Crippen molar-refractivity contribution in [1.29, 1.82) is 0 Å². The van der Waals surface area contributed by atoms with E-state index in [0.29, 0.717) is 18.5 Å². The lowest BCUT2D eigenvalue weighted by molar-refractivity contribution is -0.137. The Balaban J connectivity index is 0.000000196. The van der Waals surface area contributed by atoms with Gasteiger partial charge in [-0.15, -0.1) is 0 Å².